The monoisotopic (exact) mass is 406 g/mol. The molecule has 0 unspecified atom stereocenters. The van der Waals surface area contributed by atoms with Crippen molar-refractivity contribution in [2.45, 2.75) is 32.1 Å². The fourth-order valence-corrected chi connectivity index (χ4v) is 4.25. The highest BCUT2D eigenvalue weighted by molar-refractivity contribution is 5.98. The molecule has 2 aliphatic rings. The van der Waals surface area contributed by atoms with Crippen LogP contribution >= 0.6 is 0 Å². The first-order valence-electron chi connectivity index (χ1n) is 10.5. The summed E-state index contributed by atoms with van der Waals surface area (Å²) in [6, 6.07) is 14.0. The molecule has 156 valence electrons. The Morgan fingerprint density at radius 3 is 2.20 bits per heavy atom. The molecule has 2 aliphatic heterocycles. The number of phenols is 1. The van der Waals surface area contributed by atoms with Crippen molar-refractivity contribution in [2.24, 2.45) is 5.92 Å². The van der Waals surface area contributed by atoms with Crippen molar-refractivity contribution < 1.29 is 19.5 Å². The molecule has 6 heteroatoms. The minimum atomic E-state index is -0.0872. The third kappa shape index (κ3) is 4.37. The highest BCUT2D eigenvalue weighted by Crippen LogP contribution is 2.24. The lowest BCUT2D eigenvalue weighted by atomic mass is 9.88. The van der Waals surface area contributed by atoms with E-state index >= 15 is 0 Å². The Hall–Kier alpha value is -3.15. The van der Waals surface area contributed by atoms with Crippen LogP contribution in [0.3, 0.4) is 0 Å². The third-order valence-corrected chi connectivity index (χ3v) is 6.05. The lowest BCUT2D eigenvalue weighted by Gasteiger charge is -2.31. The Labute approximate surface area is 176 Å². The Morgan fingerprint density at radius 1 is 0.933 bits per heavy atom. The van der Waals surface area contributed by atoms with Gasteiger partial charge in [0.05, 0.1) is 6.42 Å². The highest BCUT2D eigenvalue weighted by Gasteiger charge is 2.28. The number of hydrogen-bond donors (Lipinski definition) is 1. The van der Waals surface area contributed by atoms with Crippen molar-refractivity contribution in [3.63, 3.8) is 0 Å². The Bertz CT molecular complexity index is 929. The molecule has 0 spiro atoms. The van der Waals surface area contributed by atoms with Crippen LogP contribution in [-0.4, -0.2) is 47.2 Å². The molecule has 2 fully saturated rings. The largest absolute Gasteiger partial charge is 0.508 e. The lowest BCUT2D eigenvalue weighted by molar-refractivity contribution is -0.131. The van der Waals surface area contributed by atoms with Crippen LogP contribution in [0.15, 0.2) is 48.5 Å². The summed E-state index contributed by atoms with van der Waals surface area (Å²) in [5, 5.41) is 9.37. The molecule has 2 aromatic rings. The normalized spacial score (nSPS) is 17.4. The summed E-state index contributed by atoms with van der Waals surface area (Å²) in [4.78, 5) is 40.8. The van der Waals surface area contributed by atoms with E-state index in [1.165, 1.54) is 12.1 Å². The first-order chi connectivity index (χ1) is 14.5. The Balaban J connectivity index is 1.29. The molecule has 4 rings (SSSR count). The quantitative estimate of drug-likeness (QED) is 0.774. The number of aromatic hydroxyl groups is 1. The molecule has 2 amide bonds. The van der Waals surface area contributed by atoms with Gasteiger partial charge in [-0.3, -0.25) is 14.4 Å². The van der Waals surface area contributed by atoms with E-state index in [1.54, 1.807) is 17.0 Å². The molecular formula is C24H26N2O4. The summed E-state index contributed by atoms with van der Waals surface area (Å²) in [6.45, 7) is 1.91. The molecule has 0 aliphatic carbocycles. The number of carbonyl (C=O) groups is 3. The first kappa shape index (κ1) is 20.1. The number of amides is 2. The second kappa shape index (κ2) is 8.69. The number of Topliss-reactive ketones (excluding diaryl/α,β-unsaturated/α-hetero) is 1. The summed E-state index contributed by atoms with van der Waals surface area (Å²) < 4.78 is 0. The predicted molar refractivity (Wildman–Crippen MR) is 113 cm³/mol. The van der Waals surface area contributed by atoms with Crippen LogP contribution in [0.25, 0.3) is 0 Å². The molecule has 1 N–H and O–H groups in total. The van der Waals surface area contributed by atoms with Gasteiger partial charge in [-0.05, 0) is 61.2 Å². The van der Waals surface area contributed by atoms with Gasteiger partial charge in [0.2, 0.25) is 11.8 Å². The number of carbonyl (C=O) groups excluding carboxylic acids is 3. The summed E-state index contributed by atoms with van der Waals surface area (Å²) in [6.07, 6.45) is 3.13. The van der Waals surface area contributed by atoms with E-state index in [-0.39, 0.29) is 29.3 Å². The summed E-state index contributed by atoms with van der Waals surface area (Å²) in [7, 11) is 0. The van der Waals surface area contributed by atoms with E-state index in [9.17, 15) is 19.5 Å². The summed E-state index contributed by atoms with van der Waals surface area (Å²) in [5.41, 5.74) is 2.43. The second-order valence-corrected chi connectivity index (χ2v) is 8.06. The molecule has 2 saturated heterocycles. The van der Waals surface area contributed by atoms with E-state index in [2.05, 4.69) is 0 Å². The zero-order valence-corrected chi connectivity index (χ0v) is 16.9. The number of rotatable bonds is 5. The van der Waals surface area contributed by atoms with Gasteiger partial charge >= 0.3 is 0 Å². The molecule has 2 aromatic carbocycles. The zero-order valence-electron chi connectivity index (χ0n) is 16.9. The number of likely N-dealkylation sites (tertiary alicyclic amines) is 1. The fourth-order valence-electron chi connectivity index (χ4n) is 4.25. The smallest absolute Gasteiger partial charge is 0.227 e. The number of phenolic OH excluding ortho intramolecular Hbond substituents is 1. The minimum Gasteiger partial charge on any atom is -0.508 e. The number of hydrogen-bond acceptors (Lipinski definition) is 4. The van der Waals surface area contributed by atoms with Crippen LogP contribution in [0, 0.1) is 5.92 Å². The SMILES string of the molecule is O=C(c1ccc(O)cc1)C1CCN(C(=O)Cc2ccc(N3CCCC3=O)cc2)CC1. The molecular weight excluding hydrogens is 380 g/mol. The van der Waals surface area contributed by atoms with Gasteiger partial charge in [0.15, 0.2) is 5.78 Å². The molecule has 0 radical (unpaired) electrons. The number of piperidine rings is 1. The van der Waals surface area contributed by atoms with Crippen molar-refractivity contribution in [3.05, 3.63) is 59.7 Å². The van der Waals surface area contributed by atoms with Gasteiger partial charge in [0, 0.05) is 43.2 Å². The van der Waals surface area contributed by atoms with Crippen LogP contribution in [0.4, 0.5) is 5.69 Å². The molecule has 0 bridgehead atoms. The van der Waals surface area contributed by atoms with E-state index in [4.69, 9.17) is 0 Å². The maximum atomic E-state index is 12.7. The number of nitrogens with zero attached hydrogens (tertiary/aromatic N) is 2. The van der Waals surface area contributed by atoms with E-state index < -0.39 is 0 Å². The van der Waals surface area contributed by atoms with E-state index in [0.717, 1.165) is 24.2 Å². The molecule has 0 atom stereocenters. The van der Waals surface area contributed by atoms with Gasteiger partial charge in [0.1, 0.15) is 5.75 Å². The van der Waals surface area contributed by atoms with Crippen LogP contribution in [0.5, 0.6) is 5.75 Å². The van der Waals surface area contributed by atoms with Crippen molar-refractivity contribution in [2.75, 3.05) is 24.5 Å². The van der Waals surface area contributed by atoms with Crippen LogP contribution in [0.1, 0.15) is 41.6 Å². The molecule has 0 aromatic heterocycles. The van der Waals surface area contributed by atoms with Gasteiger partial charge < -0.3 is 14.9 Å². The number of benzene rings is 2. The first-order valence-corrected chi connectivity index (χ1v) is 10.5. The van der Waals surface area contributed by atoms with Crippen molar-refractivity contribution in [1.82, 2.24) is 4.90 Å². The number of anilines is 1. The van der Waals surface area contributed by atoms with E-state index in [1.807, 2.05) is 29.2 Å². The molecule has 6 nitrogen and oxygen atoms in total. The Morgan fingerprint density at radius 2 is 1.60 bits per heavy atom. The highest BCUT2D eigenvalue weighted by atomic mass is 16.3. The van der Waals surface area contributed by atoms with Gasteiger partial charge in [0.25, 0.3) is 0 Å². The average Bonchev–Trinajstić information content (AvgIpc) is 3.20. The van der Waals surface area contributed by atoms with Crippen LogP contribution in [0.2, 0.25) is 0 Å². The average molecular weight is 406 g/mol. The van der Waals surface area contributed by atoms with Gasteiger partial charge in [-0.1, -0.05) is 12.1 Å². The molecule has 2 heterocycles. The lowest BCUT2D eigenvalue weighted by Crippen LogP contribution is -2.41. The van der Waals surface area contributed by atoms with Crippen molar-refractivity contribution in [1.29, 1.82) is 0 Å². The maximum Gasteiger partial charge on any atom is 0.227 e. The van der Waals surface area contributed by atoms with E-state index in [0.29, 0.717) is 44.3 Å². The van der Waals surface area contributed by atoms with Crippen molar-refractivity contribution in [3.8, 4) is 5.75 Å². The maximum absolute atomic E-state index is 12.7. The van der Waals surface area contributed by atoms with Gasteiger partial charge in [-0.2, -0.15) is 0 Å². The van der Waals surface area contributed by atoms with Crippen LogP contribution in [-0.2, 0) is 16.0 Å². The van der Waals surface area contributed by atoms with Crippen LogP contribution < -0.4 is 4.90 Å². The summed E-state index contributed by atoms with van der Waals surface area (Å²) >= 11 is 0. The van der Waals surface area contributed by atoms with Gasteiger partial charge in [-0.15, -0.1) is 0 Å². The topological polar surface area (TPSA) is 77.9 Å². The summed E-state index contributed by atoms with van der Waals surface area (Å²) in [5.74, 6) is 0.358. The van der Waals surface area contributed by atoms with Crippen molar-refractivity contribution >= 4 is 23.3 Å². The molecule has 0 saturated carbocycles. The predicted octanol–water partition coefficient (Wildman–Crippen LogP) is 3.18. The fraction of sp³-hybridized carbons (Fsp3) is 0.375. The zero-order chi connectivity index (χ0) is 21.1. The number of ketones is 1. The molecule has 30 heavy (non-hydrogen) atoms. The second-order valence-electron chi connectivity index (χ2n) is 8.06. The standard InChI is InChI=1S/C24H26N2O4/c27-21-9-5-18(6-10-21)24(30)19-11-14-25(15-12-19)23(29)16-17-3-7-20(8-4-17)26-13-1-2-22(26)28/h3-10,19,27H,1-2,11-16H2. The van der Waals surface area contributed by atoms with Gasteiger partial charge in [-0.25, -0.2) is 0 Å². The Kier molecular flexibility index (Phi) is 5.84. The third-order valence-electron chi connectivity index (χ3n) is 6.05. The minimum absolute atomic E-state index is 0.0653.